The van der Waals surface area contributed by atoms with Gasteiger partial charge in [-0.15, -0.1) is 0 Å². The van der Waals surface area contributed by atoms with Crippen LogP contribution < -0.4 is 11.1 Å². The summed E-state index contributed by atoms with van der Waals surface area (Å²) in [6, 6.07) is 6.64. The predicted octanol–water partition coefficient (Wildman–Crippen LogP) is 0.746. The molecule has 1 saturated heterocycles. The number of nitrogens with two attached hydrogens (primary N) is 1. The summed E-state index contributed by atoms with van der Waals surface area (Å²) in [7, 11) is 0. The Morgan fingerprint density at radius 3 is 2.32 bits per heavy atom. The summed E-state index contributed by atoms with van der Waals surface area (Å²) >= 11 is 0. The normalized spacial score (nSPS) is 15.5. The zero-order valence-corrected chi connectivity index (χ0v) is 10.4. The van der Waals surface area contributed by atoms with Gasteiger partial charge < -0.3 is 11.1 Å². The van der Waals surface area contributed by atoms with Crippen LogP contribution in [-0.2, 0) is 14.4 Å². The first-order chi connectivity index (χ1) is 9.06. The van der Waals surface area contributed by atoms with Crippen molar-refractivity contribution < 1.29 is 14.4 Å². The van der Waals surface area contributed by atoms with Crippen molar-refractivity contribution in [2.75, 3.05) is 17.6 Å². The lowest BCUT2D eigenvalue weighted by Gasteiger charge is -2.24. The molecule has 0 bridgehead atoms. The maximum absolute atomic E-state index is 11.8. The molecule has 2 rings (SSSR count). The molecule has 3 N–H and O–H groups in total. The third-order valence-electron chi connectivity index (χ3n) is 2.88. The van der Waals surface area contributed by atoms with E-state index in [4.69, 9.17) is 5.73 Å². The number of hydrogen-bond acceptors (Lipinski definition) is 4. The Kier molecular flexibility index (Phi) is 3.79. The highest BCUT2D eigenvalue weighted by molar-refractivity contribution is 6.03. The minimum absolute atomic E-state index is 0.234. The van der Waals surface area contributed by atoms with Crippen LogP contribution in [0, 0.1) is 0 Å². The quantitative estimate of drug-likeness (QED) is 0.620. The fraction of sp³-hybridized carbons (Fsp3) is 0.308. The summed E-state index contributed by atoms with van der Waals surface area (Å²) in [6.45, 7) is -0.234. The lowest BCUT2D eigenvalue weighted by molar-refractivity contribution is -0.150. The molecule has 6 heteroatoms. The fourth-order valence-electron chi connectivity index (χ4n) is 1.89. The number of benzene rings is 1. The fourth-order valence-corrected chi connectivity index (χ4v) is 1.89. The van der Waals surface area contributed by atoms with E-state index in [0.29, 0.717) is 30.6 Å². The van der Waals surface area contributed by atoms with Crippen LogP contribution in [0.2, 0.25) is 0 Å². The highest BCUT2D eigenvalue weighted by Gasteiger charge is 2.27. The number of carbonyl (C=O) groups excluding carboxylic acids is 3. The van der Waals surface area contributed by atoms with E-state index in [2.05, 4.69) is 5.32 Å². The van der Waals surface area contributed by atoms with E-state index < -0.39 is 5.91 Å². The highest BCUT2D eigenvalue weighted by atomic mass is 16.2. The number of nitrogen functional groups attached to an aromatic ring is 1. The van der Waals surface area contributed by atoms with E-state index in [1.165, 1.54) is 0 Å². The zero-order chi connectivity index (χ0) is 13.8. The van der Waals surface area contributed by atoms with Crippen LogP contribution in [0.3, 0.4) is 0 Å². The van der Waals surface area contributed by atoms with E-state index >= 15 is 0 Å². The first kappa shape index (κ1) is 13.1. The average molecular weight is 261 g/mol. The van der Waals surface area contributed by atoms with Crippen molar-refractivity contribution in [1.82, 2.24) is 4.90 Å². The van der Waals surface area contributed by atoms with Crippen LogP contribution in [0.25, 0.3) is 0 Å². The van der Waals surface area contributed by atoms with Crippen molar-refractivity contribution in [3.8, 4) is 0 Å². The summed E-state index contributed by atoms with van der Waals surface area (Å²) in [5.41, 5.74) is 6.71. The van der Waals surface area contributed by atoms with E-state index in [9.17, 15) is 14.4 Å². The largest absolute Gasteiger partial charge is 0.399 e. The molecular weight excluding hydrogens is 246 g/mol. The second-order valence-electron chi connectivity index (χ2n) is 4.40. The van der Waals surface area contributed by atoms with Gasteiger partial charge in [0, 0.05) is 24.2 Å². The van der Waals surface area contributed by atoms with Crippen molar-refractivity contribution in [1.29, 1.82) is 0 Å². The Morgan fingerprint density at radius 1 is 1.16 bits per heavy atom. The Bertz CT molecular complexity index is 494. The SMILES string of the molecule is Nc1ccc(NC(=O)CN2C(=O)CCCC2=O)cc1. The minimum Gasteiger partial charge on any atom is -0.399 e. The third-order valence-corrected chi connectivity index (χ3v) is 2.88. The number of nitrogens with one attached hydrogen (secondary N) is 1. The number of imide groups is 1. The molecule has 0 aromatic heterocycles. The molecule has 0 spiro atoms. The highest BCUT2D eigenvalue weighted by Crippen LogP contribution is 2.13. The maximum Gasteiger partial charge on any atom is 0.244 e. The topological polar surface area (TPSA) is 92.5 Å². The van der Waals surface area contributed by atoms with Crippen molar-refractivity contribution >= 4 is 29.1 Å². The molecule has 6 nitrogen and oxygen atoms in total. The maximum atomic E-state index is 11.8. The molecule has 0 atom stereocenters. The van der Waals surface area contributed by atoms with Gasteiger partial charge in [-0.1, -0.05) is 0 Å². The molecule has 1 fully saturated rings. The Balaban J connectivity index is 1.95. The number of hydrogen-bond donors (Lipinski definition) is 2. The van der Waals surface area contributed by atoms with Crippen LogP contribution in [0.4, 0.5) is 11.4 Å². The van der Waals surface area contributed by atoms with Crippen LogP contribution in [0.5, 0.6) is 0 Å². The van der Waals surface area contributed by atoms with E-state index in [1.54, 1.807) is 24.3 Å². The number of likely N-dealkylation sites (tertiary alicyclic amines) is 1. The van der Waals surface area contributed by atoms with Gasteiger partial charge in [0.05, 0.1) is 0 Å². The summed E-state index contributed by atoms with van der Waals surface area (Å²) in [6.07, 6.45) is 1.20. The second kappa shape index (κ2) is 5.51. The molecule has 1 aromatic rings. The predicted molar refractivity (Wildman–Crippen MR) is 70.1 cm³/mol. The summed E-state index contributed by atoms with van der Waals surface area (Å²) < 4.78 is 0. The molecule has 1 aromatic carbocycles. The van der Waals surface area contributed by atoms with Crippen molar-refractivity contribution in [2.24, 2.45) is 0 Å². The van der Waals surface area contributed by atoms with E-state index in [1.807, 2.05) is 0 Å². The molecule has 1 aliphatic heterocycles. The van der Waals surface area contributed by atoms with Gasteiger partial charge in [0.25, 0.3) is 0 Å². The Labute approximate surface area is 110 Å². The van der Waals surface area contributed by atoms with Crippen LogP contribution in [-0.4, -0.2) is 29.2 Å². The molecule has 0 aliphatic carbocycles. The van der Waals surface area contributed by atoms with Gasteiger partial charge in [-0.2, -0.15) is 0 Å². The zero-order valence-electron chi connectivity index (χ0n) is 10.4. The number of anilines is 2. The van der Waals surface area contributed by atoms with Gasteiger partial charge in [0.2, 0.25) is 17.7 Å². The van der Waals surface area contributed by atoms with E-state index in [-0.39, 0.29) is 18.4 Å². The lowest BCUT2D eigenvalue weighted by atomic mass is 10.1. The standard InChI is InChI=1S/C13H15N3O3/c14-9-4-6-10(7-5-9)15-11(17)8-16-12(18)2-1-3-13(16)19/h4-7H,1-3,8,14H2,(H,15,17). The van der Waals surface area contributed by atoms with Gasteiger partial charge in [0.15, 0.2) is 0 Å². The lowest BCUT2D eigenvalue weighted by Crippen LogP contribution is -2.44. The van der Waals surface area contributed by atoms with Crippen molar-refractivity contribution in [3.05, 3.63) is 24.3 Å². The van der Waals surface area contributed by atoms with Gasteiger partial charge >= 0.3 is 0 Å². The van der Waals surface area contributed by atoms with Crippen LogP contribution >= 0.6 is 0 Å². The molecule has 0 saturated carbocycles. The Hall–Kier alpha value is -2.37. The summed E-state index contributed by atoms with van der Waals surface area (Å²) in [4.78, 5) is 35.9. The van der Waals surface area contributed by atoms with Gasteiger partial charge in [-0.05, 0) is 30.7 Å². The first-order valence-corrected chi connectivity index (χ1v) is 6.05. The smallest absolute Gasteiger partial charge is 0.244 e. The minimum atomic E-state index is -0.395. The number of piperidine rings is 1. The average Bonchev–Trinajstić information content (AvgIpc) is 2.37. The van der Waals surface area contributed by atoms with E-state index in [0.717, 1.165) is 4.90 Å². The van der Waals surface area contributed by atoms with Crippen LogP contribution in [0.1, 0.15) is 19.3 Å². The number of rotatable bonds is 3. The molecular formula is C13H15N3O3. The van der Waals surface area contributed by atoms with Crippen LogP contribution in [0.15, 0.2) is 24.3 Å². The van der Waals surface area contributed by atoms with Crippen molar-refractivity contribution in [2.45, 2.75) is 19.3 Å². The van der Waals surface area contributed by atoms with Crippen molar-refractivity contribution in [3.63, 3.8) is 0 Å². The number of amides is 3. The van der Waals surface area contributed by atoms with Gasteiger partial charge in [-0.3, -0.25) is 19.3 Å². The molecule has 1 aliphatic rings. The molecule has 0 radical (unpaired) electrons. The third kappa shape index (κ3) is 3.31. The number of carbonyl (C=O) groups is 3. The molecule has 0 unspecified atom stereocenters. The second-order valence-corrected chi connectivity index (χ2v) is 4.40. The molecule has 19 heavy (non-hydrogen) atoms. The number of nitrogens with zero attached hydrogens (tertiary/aromatic N) is 1. The summed E-state index contributed by atoms with van der Waals surface area (Å²) in [5, 5.41) is 2.62. The van der Waals surface area contributed by atoms with Gasteiger partial charge in [-0.25, -0.2) is 0 Å². The first-order valence-electron chi connectivity index (χ1n) is 6.05. The molecule has 1 heterocycles. The van der Waals surface area contributed by atoms with Gasteiger partial charge in [0.1, 0.15) is 6.54 Å². The molecule has 3 amide bonds. The Morgan fingerprint density at radius 2 is 1.74 bits per heavy atom. The monoisotopic (exact) mass is 261 g/mol. The summed E-state index contributed by atoms with van der Waals surface area (Å²) in [5.74, 6) is -0.971. The molecule has 100 valence electrons.